The minimum Gasteiger partial charge on any atom is -0.299 e. The van der Waals surface area contributed by atoms with Crippen LogP contribution in [-0.4, -0.2) is 22.9 Å². The van der Waals surface area contributed by atoms with Gasteiger partial charge in [0, 0.05) is 25.7 Å². The van der Waals surface area contributed by atoms with E-state index in [9.17, 15) is 10.1 Å². The molecule has 1 aromatic rings. The zero-order valence-electron chi connectivity index (χ0n) is 11.4. The molecular formula is C15H19ClN2O2. The first-order valence-electron chi connectivity index (χ1n) is 7.27. The third kappa shape index (κ3) is 3.70. The first-order chi connectivity index (χ1) is 9.61. The topological polar surface area (TPSA) is 46.4 Å². The minimum absolute atomic E-state index is 0.0157. The fourth-order valence-electron chi connectivity index (χ4n) is 2.59. The summed E-state index contributed by atoms with van der Waals surface area (Å²) in [5.41, 5.74) is 1.00. The van der Waals surface area contributed by atoms with E-state index in [1.807, 2.05) is 6.07 Å². The monoisotopic (exact) mass is 294 g/mol. The molecule has 4 nitrogen and oxygen atoms in total. The van der Waals surface area contributed by atoms with Crippen molar-refractivity contribution in [3.63, 3.8) is 0 Å². The van der Waals surface area contributed by atoms with Crippen molar-refractivity contribution in [3.8, 4) is 0 Å². The normalized spacial score (nSPS) is 18.5. The molecule has 0 bridgehead atoms. The lowest BCUT2D eigenvalue weighted by Crippen LogP contribution is -2.27. The molecule has 2 aliphatic carbocycles. The van der Waals surface area contributed by atoms with Crippen LogP contribution >= 0.6 is 11.6 Å². The van der Waals surface area contributed by atoms with Crippen molar-refractivity contribution >= 4 is 17.3 Å². The Morgan fingerprint density at radius 3 is 2.30 bits per heavy atom. The molecule has 0 N–H and O–H groups in total. The van der Waals surface area contributed by atoms with Crippen molar-refractivity contribution in [3.05, 3.63) is 38.9 Å². The standard InChI is InChI=1S/C15H19ClN2O2/c16-14-6-5-13(7-15(14)18(19)20)10-17(8-11-1-2-11)9-12-3-4-12/h5-7,11-12H,1-4,8-10H2. The number of benzene rings is 1. The predicted molar refractivity (Wildman–Crippen MR) is 78.8 cm³/mol. The maximum Gasteiger partial charge on any atom is 0.288 e. The van der Waals surface area contributed by atoms with Crippen LogP contribution in [0.4, 0.5) is 5.69 Å². The summed E-state index contributed by atoms with van der Waals surface area (Å²) in [4.78, 5) is 13.0. The molecule has 0 aliphatic heterocycles. The average Bonchev–Trinajstić information content (AvgIpc) is 3.27. The van der Waals surface area contributed by atoms with Gasteiger partial charge in [-0.05, 0) is 49.1 Å². The van der Waals surface area contributed by atoms with Crippen LogP contribution in [0.1, 0.15) is 31.2 Å². The molecule has 1 aromatic carbocycles. The van der Waals surface area contributed by atoms with E-state index < -0.39 is 4.92 Å². The Kier molecular flexibility index (Phi) is 3.94. The molecule has 2 aliphatic rings. The van der Waals surface area contributed by atoms with E-state index in [4.69, 9.17) is 11.6 Å². The molecule has 3 rings (SSSR count). The van der Waals surface area contributed by atoms with E-state index >= 15 is 0 Å². The molecule has 5 heteroatoms. The summed E-state index contributed by atoms with van der Waals surface area (Å²) in [6, 6.07) is 5.17. The summed E-state index contributed by atoms with van der Waals surface area (Å²) in [5.74, 6) is 1.69. The molecule has 0 aromatic heterocycles. The lowest BCUT2D eigenvalue weighted by Gasteiger charge is -2.22. The highest BCUT2D eigenvalue weighted by Crippen LogP contribution is 2.34. The van der Waals surface area contributed by atoms with E-state index in [2.05, 4.69) is 4.90 Å². The van der Waals surface area contributed by atoms with Crippen LogP contribution in [0.3, 0.4) is 0 Å². The largest absolute Gasteiger partial charge is 0.299 e. The number of hydrogen-bond donors (Lipinski definition) is 0. The van der Waals surface area contributed by atoms with Crippen LogP contribution in [-0.2, 0) is 6.54 Å². The number of nitro groups is 1. The summed E-state index contributed by atoms with van der Waals surface area (Å²) in [7, 11) is 0. The van der Waals surface area contributed by atoms with Crippen molar-refractivity contribution < 1.29 is 4.92 Å². The first kappa shape index (κ1) is 13.8. The Balaban J connectivity index is 1.69. The van der Waals surface area contributed by atoms with Crippen LogP contribution < -0.4 is 0 Å². The van der Waals surface area contributed by atoms with Gasteiger partial charge < -0.3 is 0 Å². The Morgan fingerprint density at radius 1 is 1.20 bits per heavy atom. The van der Waals surface area contributed by atoms with Crippen LogP contribution in [0.25, 0.3) is 0 Å². The number of hydrogen-bond acceptors (Lipinski definition) is 3. The first-order valence-corrected chi connectivity index (χ1v) is 7.65. The maximum absolute atomic E-state index is 10.9. The molecule has 2 fully saturated rings. The third-order valence-electron chi connectivity index (χ3n) is 4.04. The van der Waals surface area contributed by atoms with Crippen LogP contribution in [0.15, 0.2) is 18.2 Å². The van der Waals surface area contributed by atoms with Gasteiger partial charge in [-0.15, -0.1) is 0 Å². The predicted octanol–water partition coefficient (Wildman–Crippen LogP) is 3.87. The number of nitrogens with zero attached hydrogens (tertiary/aromatic N) is 2. The molecule has 0 heterocycles. The van der Waals surface area contributed by atoms with Crippen molar-refractivity contribution in [1.82, 2.24) is 4.90 Å². The highest BCUT2D eigenvalue weighted by atomic mass is 35.5. The number of halogens is 1. The minimum atomic E-state index is -0.405. The molecule has 2 saturated carbocycles. The zero-order valence-corrected chi connectivity index (χ0v) is 12.2. The van der Waals surface area contributed by atoms with Gasteiger partial charge in [-0.25, -0.2) is 0 Å². The van der Waals surface area contributed by atoms with E-state index in [1.165, 1.54) is 25.7 Å². The third-order valence-corrected chi connectivity index (χ3v) is 4.36. The average molecular weight is 295 g/mol. The van der Waals surface area contributed by atoms with Gasteiger partial charge in [0.05, 0.1) is 4.92 Å². The van der Waals surface area contributed by atoms with Crippen LogP contribution in [0.2, 0.25) is 5.02 Å². The highest BCUT2D eigenvalue weighted by Gasteiger charge is 2.29. The SMILES string of the molecule is O=[N+]([O-])c1cc(CN(CC2CC2)CC2CC2)ccc1Cl. The molecule has 0 spiro atoms. The Bertz CT molecular complexity index is 499. The molecule has 20 heavy (non-hydrogen) atoms. The second kappa shape index (κ2) is 5.70. The van der Waals surface area contributed by atoms with Gasteiger partial charge in [-0.1, -0.05) is 17.7 Å². The summed E-state index contributed by atoms with van der Waals surface area (Å²) >= 11 is 5.86. The van der Waals surface area contributed by atoms with Gasteiger partial charge in [-0.3, -0.25) is 15.0 Å². The van der Waals surface area contributed by atoms with Crippen molar-refractivity contribution in [1.29, 1.82) is 0 Å². The number of rotatable bonds is 7. The molecule has 0 unspecified atom stereocenters. The van der Waals surface area contributed by atoms with E-state index in [0.29, 0.717) is 0 Å². The summed E-state index contributed by atoms with van der Waals surface area (Å²) in [6.07, 6.45) is 5.34. The molecule has 0 amide bonds. The smallest absolute Gasteiger partial charge is 0.288 e. The van der Waals surface area contributed by atoms with Gasteiger partial charge in [-0.2, -0.15) is 0 Å². The zero-order chi connectivity index (χ0) is 14.1. The van der Waals surface area contributed by atoms with Crippen LogP contribution in [0, 0.1) is 22.0 Å². The second-order valence-electron chi connectivity index (χ2n) is 6.12. The van der Waals surface area contributed by atoms with Gasteiger partial charge >= 0.3 is 0 Å². The quantitative estimate of drug-likeness (QED) is 0.566. The maximum atomic E-state index is 10.9. The Labute approximate surface area is 123 Å². The summed E-state index contributed by atoms with van der Waals surface area (Å²) < 4.78 is 0. The molecule has 108 valence electrons. The van der Waals surface area contributed by atoms with Gasteiger partial charge in [0.15, 0.2) is 0 Å². The van der Waals surface area contributed by atoms with Crippen molar-refractivity contribution in [2.75, 3.05) is 13.1 Å². The lowest BCUT2D eigenvalue weighted by molar-refractivity contribution is -0.384. The fourth-order valence-corrected chi connectivity index (χ4v) is 2.78. The lowest BCUT2D eigenvalue weighted by atomic mass is 10.1. The highest BCUT2D eigenvalue weighted by molar-refractivity contribution is 6.32. The second-order valence-corrected chi connectivity index (χ2v) is 6.53. The molecular weight excluding hydrogens is 276 g/mol. The van der Waals surface area contributed by atoms with Crippen molar-refractivity contribution in [2.45, 2.75) is 32.2 Å². The van der Waals surface area contributed by atoms with E-state index in [-0.39, 0.29) is 10.7 Å². The summed E-state index contributed by atoms with van der Waals surface area (Å²) in [5, 5.41) is 11.2. The summed E-state index contributed by atoms with van der Waals surface area (Å²) in [6.45, 7) is 3.06. The van der Waals surface area contributed by atoms with E-state index in [0.717, 1.165) is 37.0 Å². The van der Waals surface area contributed by atoms with Crippen LogP contribution in [0.5, 0.6) is 0 Å². The molecule has 0 radical (unpaired) electrons. The molecule has 0 saturated heterocycles. The Hall–Kier alpha value is -1.13. The Morgan fingerprint density at radius 2 is 1.80 bits per heavy atom. The fraction of sp³-hybridized carbons (Fsp3) is 0.600. The number of nitro benzene ring substituents is 1. The van der Waals surface area contributed by atoms with E-state index in [1.54, 1.807) is 12.1 Å². The van der Waals surface area contributed by atoms with Gasteiger partial charge in [0.1, 0.15) is 5.02 Å². The van der Waals surface area contributed by atoms with Gasteiger partial charge in [0.25, 0.3) is 5.69 Å². The van der Waals surface area contributed by atoms with Gasteiger partial charge in [0.2, 0.25) is 0 Å². The van der Waals surface area contributed by atoms with Crippen molar-refractivity contribution in [2.24, 2.45) is 11.8 Å². The molecule has 0 atom stereocenters.